The average molecular weight is 286 g/mol. The first-order valence-electron chi connectivity index (χ1n) is 5.99. The number of ether oxygens (including phenoxy) is 1. The Balaban J connectivity index is 2.70. The van der Waals surface area contributed by atoms with Crippen molar-refractivity contribution >= 4 is 13.6 Å². The third kappa shape index (κ3) is 5.03. The summed E-state index contributed by atoms with van der Waals surface area (Å²) in [5.41, 5.74) is 0. The Labute approximate surface area is 113 Å². The van der Waals surface area contributed by atoms with E-state index in [1.165, 1.54) is 7.05 Å². The third-order valence-corrected chi connectivity index (χ3v) is 4.06. The number of para-hydroxylation sites is 1. The zero-order chi connectivity index (χ0) is 14.3. The molecule has 0 heterocycles. The molecule has 0 spiro atoms. The first-order chi connectivity index (χ1) is 9.00. The first-order valence-corrected chi connectivity index (χ1v) is 7.61. The van der Waals surface area contributed by atoms with Crippen molar-refractivity contribution in [2.75, 3.05) is 13.7 Å². The normalized spacial score (nSPS) is 15.3. The lowest BCUT2D eigenvalue weighted by Crippen LogP contribution is -2.37. The predicted octanol–water partition coefficient (Wildman–Crippen LogP) is 1.93. The van der Waals surface area contributed by atoms with Crippen molar-refractivity contribution < 1.29 is 18.6 Å². The van der Waals surface area contributed by atoms with Gasteiger partial charge < -0.3 is 9.26 Å². The SMILES string of the molecule is CCOC(=O)C(C)NP(=O)(NC)Oc1ccccc1. The van der Waals surface area contributed by atoms with Crippen molar-refractivity contribution in [3.63, 3.8) is 0 Å². The van der Waals surface area contributed by atoms with E-state index in [1.54, 1.807) is 38.1 Å². The molecule has 106 valence electrons. The van der Waals surface area contributed by atoms with Crippen LogP contribution in [0, 0.1) is 0 Å². The third-order valence-electron chi connectivity index (χ3n) is 2.28. The van der Waals surface area contributed by atoms with Crippen LogP contribution in [0.2, 0.25) is 0 Å². The minimum Gasteiger partial charge on any atom is -0.465 e. The summed E-state index contributed by atoms with van der Waals surface area (Å²) >= 11 is 0. The highest BCUT2D eigenvalue weighted by atomic mass is 31.2. The Morgan fingerprint density at radius 1 is 1.37 bits per heavy atom. The standard InChI is InChI=1S/C12H19N2O4P/c1-4-17-12(15)10(2)14-19(16,13-3)18-11-8-6-5-7-9-11/h5-10H,4H2,1-3H3,(H2,13,14,16). The fourth-order valence-corrected chi connectivity index (χ4v) is 2.65. The van der Waals surface area contributed by atoms with E-state index in [9.17, 15) is 9.36 Å². The zero-order valence-electron chi connectivity index (χ0n) is 11.3. The molecule has 0 aliphatic heterocycles. The lowest BCUT2D eigenvalue weighted by atomic mass is 10.3. The van der Waals surface area contributed by atoms with E-state index in [4.69, 9.17) is 9.26 Å². The Kier molecular flexibility index (Phi) is 6.02. The average Bonchev–Trinajstić information content (AvgIpc) is 2.40. The number of esters is 1. The molecule has 0 aliphatic rings. The predicted molar refractivity (Wildman–Crippen MR) is 73.0 cm³/mol. The highest BCUT2D eigenvalue weighted by Gasteiger charge is 2.28. The van der Waals surface area contributed by atoms with E-state index < -0.39 is 19.7 Å². The molecule has 7 heteroatoms. The van der Waals surface area contributed by atoms with Gasteiger partial charge >= 0.3 is 13.6 Å². The van der Waals surface area contributed by atoms with Crippen molar-refractivity contribution in [1.82, 2.24) is 10.2 Å². The van der Waals surface area contributed by atoms with Gasteiger partial charge in [-0.25, -0.2) is 14.7 Å². The van der Waals surface area contributed by atoms with Gasteiger partial charge in [-0.05, 0) is 33.0 Å². The molecular weight excluding hydrogens is 267 g/mol. The molecule has 0 amide bonds. The Morgan fingerprint density at radius 3 is 2.53 bits per heavy atom. The van der Waals surface area contributed by atoms with Gasteiger partial charge in [0, 0.05) is 0 Å². The monoisotopic (exact) mass is 286 g/mol. The fourth-order valence-electron chi connectivity index (χ4n) is 1.34. The van der Waals surface area contributed by atoms with E-state index in [0.717, 1.165) is 0 Å². The van der Waals surface area contributed by atoms with Crippen LogP contribution in [0.4, 0.5) is 0 Å². The summed E-state index contributed by atoms with van der Waals surface area (Å²) in [5.74, 6) is -0.0293. The topological polar surface area (TPSA) is 76.7 Å². The second kappa shape index (κ2) is 7.28. The van der Waals surface area contributed by atoms with Crippen LogP contribution in [-0.2, 0) is 14.1 Å². The van der Waals surface area contributed by atoms with E-state index >= 15 is 0 Å². The van der Waals surface area contributed by atoms with Crippen LogP contribution in [-0.4, -0.2) is 25.7 Å². The maximum atomic E-state index is 12.4. The van der Waals surface area contributed by atoms with Crippen molar-refractivity contribution in [2.45, 2.75) is 19.9 Å². The van der Waals surface area contributed by atoms with Gasteiger partial charge in [0.25, 0.3) is 0 Å². The molecule has 0 fully saturated rings. The largest absolute Gasteiger partial charge is 0.465 e. The molecule has 2 unspecified atom stereocenters. The molecule has 6 nitrogen and oxygen atoms in total. The Morgan fingerprint density at radius 2 is 2.00 bits per heavy atom. The van der Waals surface area contributed by atoms with Crippen molar-refractivity contribution in [1.29, 1.82) is 0 Å². The quantitative estimate of drug-likeness (QED) is 0.589. The molecule has 0 bridgehead atoms. The number of hydrogen-bond acceptors (Lipinski definition) is 4. The smallest absolute Gasteiger partial charge is 0.390 e. The summed E-state index contributed by atoms with van der Waals surface area (Å²) in [6.45, 7) is 3.55. The van der Waals surface area contributed by atoms with Gasteiger partial charge in [-0.2, -0.15) is 0 Å². The maximum absolute atomic E-state index is 12.4. The lowest BCUT2D eigenvalue weighted by molar-refractivity contribution is -0.144. The number of rotatable bonds is 7. The second-order valence-corrected chi connectivity index (χ2v) is 5.77. The summed E-state index contributed by atoms with van der Waals surface area (Å²) < 4.78 is 22.6. The lowest BCUT2D eigenvalue weighted by Gasteiger charge is -2.22. The number of carbonyl (C=O) groups excluding carboxylic acids is 1. The van der Waals surface area contributed by atoms with Crippen LogP contribution in [0.5, 0.6) is 5.75 Å². The molecule has 19 heavy (non-hydrogen) atoms. The van der Waals surface area contributed by atoms with Gasteiger partial charge in [0.05, 0.1) is 6.61 Å². The summed E-state index contributed by atoms with van der Waals surface area (Å²) in [4.78, 5) is 11.5. The minimum atomic E-state index is -3.36. The molecule has 0 aliphatic carbocycles. The van der Waals surface area contributed by atoms with Gasteiger partial charge in [-0.1, -0.05) is 18.2 Å². The molecule has 1 aromatic carbocycles. The molecule has 0 aromatic heterocycles. The van der Waals surface area contributed by atoms with E-state index in [0.29, 0.717) is 5.75 Å². The van der Waals surface area contributed by atoms with Gasteiger partial charge in [0.1, 0.15) is 11.8 Å². The van der Waals surface area contributed by atoms with Crippen LogP contribution < -0.4 is 14.7 Å². The van der Waals surface area contributed by atoms with E-state index in [-0.39, 0.29) is 6.61 Å². The van der Waals surface area contributed by atoms with Gasteiger partial charge in [-0.3, -0.25) is 4.79 Å². The van der Waals surface area contributed by atoms with Crippen LogP contribution >= 0.6 is 7.67 Å². The molecule has 1 aromatic rings. The molecule has 0 saturated carbocycles. The Hall–Kier alpha value is -1.36. The molecule has 0 saturated heterocycles. The number of nitrogens with one attached hydrogen (secondary N) is 2. The highest BCUT2D eigenvalue weighted by Crippen LogP contribution is 2.38. The van der Waals surface area contributed by atoms with E-state index in [1.807, 2.05) is 6.07 Å². The van der Waals surface area contributed by atoms with Crippen molar-refractivity contribution in [2.24, 2.45) is 0 Å². The minimum absolute atomic E-state index is 0.272. The van der Waals surface area contributed by atoms with E-state index in [2.05, 4.69) is 10.2 Å². The summed E-state index contributed by atoms with van der Waals surface area (Å²) in [6.07, 6.45) is 0. The summed E-state index contributed by atoms with van der Waals surface area (Å²) in [5, 5.41) is 5.19. The maximum Gasteiger partial charge on any atom is 0.390 e. The summed E-state index contributed by atoms with van der Waals surface area (Å²) in [7, 11) is -1.86. The van der Waals surface area contributed by atoms with Crippen LogP contribution in [0.15, 0.2) is 30.3 Å². The molecule has 0 radical (unpaired) electrons. The van der Waals surface area contributed by atoms with Crippen molar-refractivity contribution in [3.05, 3.63) is 30.3 Å². The van der Waals surface area contributed by atoms with Crippen molar-refractivity contribution in [3.8, 4) is 5.75 Å². The Bertz CT molecular complexity index is 452. The number of benzene rings is 1. The second-order valence-electron chi connectivity index (χ2n) is 3.78. The van der Waals surface area contributed by atoms with Crippen LogP contribution in [0.1, 0.15) is 13.8 Å². The fraction of sp³-hybridized carbons (Fsp3) is 0.417. The van der Waals surface area contributed by atoms with Gasteiger partial charge in [-0.15, -0.1) is 0 Å². The highest BCUT2D eigenvalue weighted by molar-refractivity contribution is 7.55. The van der Waals surface area contributed by atoms with Gasteiger partial charge in [0.2, 0.25) is 0 Å². The van der Waals surface area contributed by atoms with Gasteiger partial charge in [0.15, 0.2) is 0 Å². The molecule has 2 atom stereocenters. The number of hydrogen-bond donors (Lipinski definition) is 2. The first kappa shape index (κ1) is 15.7. The zero-order valence-corrected chi connectivity index (χ0v) is 12.1. The summed E-state index contributed by atoms with van der Waals surface area (Å²) in [6, 6.07) is 7.99. The molecular formula is C12H19N2O4P. The van der Waals surface area contributed by atoms with Crippen LogP contribution in [0.25, 0.3) is 0 Å². The molecule has 1 rings (SSSR count). The van der Waals surface area contributed by atoms with Crippen LogP contribution in [0.3, 0.4) is 0 Å². The number of carbonyl (C=O) groups is 1. The molecule has 2 N–H and O–H groups in total.